The molecule has 0 radical (unpaired) electrons. The SMILES string of the molecule is CC(C)c1cnn2c(Cl)cc(-c3cncc(Br)c3)nc12. The van der Waals surface area contributed by atoms with Gasteiger partial charge in [-0.25, -0.2) is 9.50 Å². The van der Waals surface area contributed by atoms with Crippen molar-refractivity contribution in [1.29, 1.82) is 0 Å². The first-order chi connectivity index (χ1) is 9.56. The molecule has 0 amide bonds. The highest BCUT2D eigenvalue weighted by Gasteiger charge is 2.13. The Kier molecular flexibility index (Phi) is 3.48. The molecule has 0 fully saturated rings. The van der Waals surface area contributed by atoms with Gasteiger partial charge in [-0.3, -0.25) is 4.98 Å². The summed E-state index contributed by atoms with van der Waals surface area (Å²) in [6, 6.07) is 3.77. The molecule has 0 aliphatic carbocycles. The molecule has 0 saturated carbocycles. The molecule has 20 heavy (non-hydrogen) atoms. The van der Waals surface area contributed by atoms with Crippen molar-refractivity contribution in [3.8, 4) is 11.3 Å². The lowest BCUT2D eigenvalue weighted by atomic mass is 10.1. The molecule has 3 rings (SSSR count). The van der Waals surface area contributed by atoms with Gasteiger partial charge in [-0.05, 0) is 27.9 Å². The quantitative estimate of drug-likeness (QED) is 0.645. The highest BCUT2D eigenvalue weighted by atomic mass is 79.9. The highest BCUT2D eigenvalue weighted by molar-refractivity contribution is 9.10. The third-order valence-corrected chi connectivity index (χ3v) is 3.78. The van der Waals surface area contributed by atoms with Crippen LogP contribution in [0.15, 0.2) is 35.2 Å². The predicted molar refractivity (Wildman–Crippen MR) is 83.0 cm³/mol. The van der Waals surface area contributed by atoms with E-state index in [0.29, 0.717) is 11.1 Å². The smallest absolute Gasteiger partial charge is 0.160 e. The maximum atomic E-state index is 6.30. The lowest BCUT2D eigenvalue weighted by Crippen LogP contribution is -1.97. The van der Waals surface area contributed by atoms with Crippen LogP contribution in [0.2, 0.25) is 5.15 Å². The van der Waals surface area contributed by atoms with Crippen LogP contribution in [0.4, 0.5) is 0 Å². The molecule has 0 atom stereocenters. The van der Waals surface area contributed by atoms with Crippen molar-refractivity contribution < 1.29 is 0 Å². The van der Waals surface area contributed by atoms with Gasteiger partial charge in [-0.2, -0.15) is 5.10 Å². The molecule has 0 N–H and O–H groups in total. The Morgan fingerprint density at radius 2 is 2.00 bits per heavy atom. The molecule has 3 aromatic rings. The third kappa shape index (κ3) is 2.31. The second-order valence-electron chi connectivity index (χ2n) is 4.85. The molecule has 3 heterocycles. The van der Waals surface area contributed by atoms with Crippen LogP contribution < -0.4 is 0 Å². The van der Waals surface area contributed by atoms with Crippen LogP contribution >= 0.6 is 27.5 Å². The van der Waals surface area contributed by atoms with Crippen LogP contribution in [0, 0.1) is 0 Å². The van der Waals surface area contributed by atoms with Crippen molar-refractivity contribution in [2.75, 3.05) is 0 Å². The van der Waals surface area contributed by atoms with Crippen molar-refractivity contribution in [1.82, 2.24) is 19.6 Å². The van der Waals surface area contributed by atoms with E-state index in [0.717, 1.165) is 26.9 Å². The topological polar surface area (TPSA) is 43.1 Å². The third-order valence-electron chi connectivity index (χ3n) is 3.08. The Morgan fingerprint density at radius 3 is 2.70 bits per heavy atom. The summed E-state index contributed by atoms with van der Waals surface area (Å²) >= 11 is 9.72. The number of aromatic nitrogens is 4. The first-order valence-electron chi connectivity index (χ1n) is 6.21. The zero-order chi connectivity index (χ0) is 14.3. The molecule has 0 spiro atoms. The molecule has 102 valence electrons. The monoisotopic (exact) mass is 350 g/mol. The van der Waals surface area contributed by atoms with Gasteiger partial charge in [0.1, 0.15) is 5.15 Å². The van der Waals surface area contributed by atoms with Crippen molar-refractivity contribution in [3.05, 3.63) is 45.9 Å². The van der Waals surface area contributed by atoms with Crippen LogP contribution in [0.1, 0.15) is 25.3 Å². The van der Waals surface area contributed by atoms with Gasteiger partial charge in [-0.15, -0.1) is 0 Å². The summed E-state index contributed by atoms with van der Waals surface area (Å²) in [6.45, 7) is 4.22. The summed E-state index contributed by atoms with van der Waals surface area (Å²) in [4.78, 5) is 8.85. The van der Waals surface area contributed by atoms with Crippen LogP contribution in [-0.4, -0.2) is 19.6 Å². The highest BCUT2D eigenvalue weighted by Crippen LogP contribution is 2.27. The van der Waals surface area contributed by atoms with E-state index in [-0.39, 0.29) is 0 Å². The minimum atomic E-state index is 0.340. The first-order valence-corrected chi connectivity index (χ1v) is 7.38. The number of nitrogens with zero attached hydrogens (tertiary/aromatic N) is 4. The normalized spacial score (nSPS) is 11.4. The number of hydrogen-bond acceptors (Lipinski definition) is 3. The van der Waals surface area contributed by atoms with E-state index in [9.17, 15) is 0 Å². The maximum absolute atomic E-state index is 6.30. The summed E-state index contributed by atoms with van der Waals surface area (Å²) in [6.07, 6.45) is 5.33. The van der Waals surface area contributed by atoms with Crippen LogP contribution in [0.5, 0.6) is 0 Å². The van der Waals surface area contributed by atoms with Crippen molar-refractivity contribution in [2.24, 2.45) is 0 Å². The Labute approximate surface area is 129 Å². The van der Waals surface area contributed by atoms with Crippen molar-refractivity contribution in [3.63, 3.8) is 0 Å². The largest absolute Gasteiger partial charge is 0.263 e. The molecule has 4 nitrogen and oxygen atoms in total. The zero-order valence-electron chi connectivity index (χ0n) is 11.0. The van der Waals surface area contributed by atoms with Crippen molar-refractivity contribution >= 4 is 33.2 Å². The second kappa shape index (κ2) is 5.14. The van der Waals surface area contributed by atoms with Gasteiger partial charge in [0.05, 0.1) is 11.9 Å². The minimum Gasteiger partial charge on any atom is -0.263 e. The Balaban J connectivity index is 2.25. The summed E-state index contributed by atoms with van der Waals surface area (Å²) < 4.78 is 2.57. The standard InChI is InChI=1S/C14H12BrClN4/c1-8(2)11-7-18-20-13(16)4-12(19-14(11)20)9-3-10(15)6-17-5-9/h3-8H,1-2H3. The summed E-state index contributed by atoms with van der Waals surface area (Å²) in [5.41, 5.74) is 3.58. The van der Waals surface area contributed by atoms with Gasteiger partial charge in [0.2, 0.25) is 0 Å². The molecular weight excluding hydrogens is 340 g/mol. The molecule has 6 heteroatoms. The number of halogens is 2. The van der Waals surface area contributed by atoms with E-state index in [1.807, 2.05) is 12.3 Å². The maximum Gasteiger partial charge on any atom is 0.160 e. The van der Waals surface area contributed by atoms with E-state index in [2.05, 4.69) is 44.8 Å². The van der Waals surface area contributed by atoms with Crippen LogP contribution in [0.25, 0.3) is 16.9 Å². The Morgan fingerprint density at radius 1 is 1.20 bits per heavy atom. The second-order valence-corrected chi connectivity index (χ2v) is 6.15. The van der Waals surface area contributed by atoms with E-state index >= 15 is 0 Å². The van der Waals surface area contributed by atoms with Gasteiger partial charge in [0.25, 0.3) is 0 Å². The fourth-order valence-electron chi connectivity index (χ4n) is 2.05. The van der Waals surface area contributed by atoms with E-state index < -0.39 is 0 Å². The fraction of sp³-hybridized carbons (Fsp3) is 0.214. The van der Waals surface area contributed by atoms with Gasteiger partial charge in [0.15, 0.2) is 5.65 Å². The van der Waals surface area contributed by atoms with Crippen LogP contribution in [-0.2, 0) is 0 Å². The van der Waals surface area contributed by atoms with Crippen LogP contribution in [0.3, 0.4) is 0 Å². The molecule has 0 aromatic carbocycles. The van der Waals surface area contributed by atoms with E-state index in [1.54, 1.807) is 23.0 Å². The lowest BCUT2D eigenvalue weighted by Gasteiger charge is -2.06. The molecule has 0 bridgehead atoms. The molecule has 0 aliphatic rings. The summed E-state index contributed by atoms with van der Waals surface area (Å²) in [5, 5.41) is 4.83. The minimum absolute atomic E-state index is 0.340. The predicted octanol–water partition coefficient (Wildman–Crippen LogP) is 4.33. The van der Waals surface area contributed by atoms with Gasteiger partial charge >= 0.3 is 0 Å². The average molecular weight is 352 g/mol. The number of pyridine rings is 1. The van der Waals surface area contributed by atoms with E-state index in [1.165, 1.54) is 0 Å². The number of fused-ring (bicyclic) bond motifs is 1. The summed E-state index contributed by atoms with van der Waals surface area (Å²) in [5.74, 6) is 0.340. The van der Waals surface area contributed by atoms with Gasteiger partial charge in [0, 0.05) is 34.1 Å². The number of hydrogen-bond donors (Lipinski definition) is 0. The molecular formula is C14H12BrClN4. The molecule has 0 saturated heterocycles. The lowest BCUT2D eigenvalue weighted by molar-refractivity contribution is 0.872. The van der Waals surface area contributed by atoms with Gasteiger partial charge < -0.3 is 0 Å². The number of rotatable bonds is 2. The first kappa shape index (κ1) is 13.5. The summed E-state index contributed by atoms with van der Waals surface area (Å²) in [7, 11) is 0. The fourth-order valence-corrected chi connectivity index (χ4v) is 2.64. The molecule has 0 aliphatic heterocycles. The van der Waals surface area contributed by atoms with Gasteiger partial charge in [-0.1, -0.05) is 25.4 Å². The average Bonchev–Trinajstić information content (AvgIpc) is 2.83. The Hall–Kier alpha value is -1.46. The zero-order valence-corrected chi connectivity index (χ0v) is 13.4. The molecule has 3 aromatic heterocycles. The van der Waals surface area contributed by atoms with E-state index in [4.69, 9.17) is 11.6 Å². The Bertz CT molecular complexity index is 782. The molecule has 0 unspecified atom stereocenters. The van der Waals surface area contributed by atoms with Crippen molar-refractivity contribution in [2.45, 2.75) is 19.8 Å².